The minimum atomic E-state index is -1.28. The van der Waals surface area contributed by atoms with Crippen molar-refractivity contribution in [1.82, 2.24) is 3.97 Å². The lowest BCUT2D eigenvalue weighted by molar-refractivity contribution is -0.116. The number of hydrogen-bond donors (Lipinski definition) is 2. The van der Waals surface area contributed by atoms with Gasteiger partial charge in [0.15, 0.2) is 0 Å². The molecule has 1 aromatic heterocycles. The SMILES string of the molecule is C[C@@H]1CC(=O)Nc2cccc(-c3cc4ccccc4n3S(=O)CC3=CCCC=C3)c2N1. The third-order valence-corrected chi connectivity index (χ3v) is 7.11. The molecule has 0 saturated carbocycles. The van der Waals surface area contributed by atoms with Crippen molar-refractivity contribution in [2.24, 2.45) is 0 Å². The first-order valence-electron chi connectivity index (χ1n) is 10.6. The van der Waals surface area contributed by atoms with E-state index in [0.29, 0.717) is 12.2 Å². The highest BCUT2D eigenvalue weighted by Crippen LogP contribution is 2.39. The number of benzene rings is 2. The summed E-state index contributed by atoms with van der Waals surface area (Å²) in [6, 6.07) is 16.0. The van der Waals surface area contributed by atoms with Gasteiger partial charge in [0.2, 0.25) is 5.91 Å². The molecule has 1 aliphatic carbocycles. The predicted octanol–water partition coefficient (Wildman–Crippen LogP) is 5.24. The number of nitrogens with zero attached hydrogens (tertiary/aromatic N) is 1. The molecule has 6 heteroatoms. The van der Waals surface area contributed by atoms with Crippen molar-refractivity contribution in [1.29, 1.82) is 0 Å². The molecule has 1 unspecified atom stereocenters. The lowest BCUT2D eigenvalue weighted by Crippen LogP contribution is -2.19. The maximum absolute atomic E-state index is 13.6. The Kier molecular flexibility index (Phi) is 5.24. The molecule has 0 bridgehead atoms. The fourth-order valence-corrected chi connectivity index (χ4v) is 5.71. The summed E-state index contributed by atoms with van der Waals surface area (Å²) in [6.45, 7) is 2.00. The van der Waals surface area contributed by atoms with Gasteiger partial charge in [0.25, 0.3) is 0 Å². The van der Waals surface area contributed by atoms with Crippen molar-refractivity contribution in [2.45, 2.75) is 32.2 Å². The first-order valence-corrected chi connectivity index (χ1v) is 11.9. The first-order chi connectivity index (χ1) is 15.1. The second-order valence-electron chi connectivity index (χ2n) is 8.13. The van der Waals surface area contributed by atoms with E-state index in [-0.39, 0.29) is 11.9 Å². The average Bonchev–Trinajstić information content (AvgIpc) is 3.07. The highest BCUT2D eigenvalue weighted by molar-refractivity contribution is 7.84. The average molecular weight is 432 g/mol. The number of rotatable bonds is 4. The van der Waals surface area contributed by atoms with Crippen molar-refractivity contribution in [3.05, 3.63) is 72.3 Å². The normalized spacial score (nSPS) is 19.2. The first kappa shape index (κ1) is 19.8. The van der Waals surface area contributed by atoms with Crippen LogP contribution in [0.5, 0.6) is 0 Å². The number of carbonyl (C=O) groups is 1. The molecule has 0 fully saturated rings. The Labute approximate surface area is 184 Å². The third-order valence-electron chi connectivity index (χ3n) is 5.73. The van der Waals surface area contributed by atoms with Gasteiger partial charge in [-0.2, -0.15) is 0 Å². The molecule has 1 aliphatic heterocycles. The minimum Gasteiger partial charge on any atom is -0.380 e. The zero-order valence-electron chi connectivity index (χ0n) is 17.4. The molecule has 0 spiro atoms. The maximum atomic E-state index is 13.6. The Morgan fingerprint density at radius 3 is 2.84 bits per heavy atom. The molecule has 1 amide bonds. The third kappa shape index (κ3) is 3.83. The molecule has 3 aromatic rings. The molecule has 5 nitrogen and oxygen atoms in total. The quantitative estimate of drug-likeness (QED) is 0.594. The van der Waals surface area contributed by atoms with Crippen LogP contribution in [0.25, 0.3) is 22.2 Å². The van der Waals surface area contributed by atoms with E-state index < -0.39 is 11.0 Å². The molecule has 31 heavy (non-hydrogen) atoms. The fraction of sp³-hybridized carbons (Fsp3) is 0.240. The summed E-state index contributed by atoms with van der Waals surface area (Å²) in [6.07, 6.45) is 8.85. The number of carbonyl (C=O) groups excluding carboxylic acids is 1. The van der Waals surface area contributed by atoms with Crippen LogP contribution >= 0.6 is 0 Å². The van der Waals surface area contributed by atoms with Gasteiger partial charge < -0.3 is 10.6 Å². The van der Waals surface area contributed by atoms with E-state index in [2.05, 4.69) is 34.9 Å². The monoisotopic (exact) mass is 431 g/mol. The van der Waals surface area contributed by atoms with E-state index in [1.165, 1.54) is 0 Å². The largest absolute Gasteiger partial charge is 0.380 e. The van der Waals surface area contributed by atoms with Gasteiger partial charge in [0, 0.05) is 23.4 Å². The van der Waals surface area contributed by atoms with E-state index in [1.807, 2.05) is 53.4 Å². The summed E-state index contributed by atoms with van der Waals surface area (Å²) in [5.41, 5.74) is 5.50. The van der Waals surface area contributed by atoms with Crippen LogP contribution in [0, 0.1) is 0 Å². The number of nitrogens with one attached hydrogen (secondary N) is 2. The Hall–Kier alpha value is -3.12. The summed E-state index contributed by atoms with van der Waals surface area (Å²) < 4.78 is 15.6. The number of hydrogen-bond acceptors (Lipinski definition) is 3. The summed E-state index contributed by atoms with van der Waals surface area (Å²) in [7, 11) is -1.28. The van der Waals surface area contributed by atoms with Crippen molar-refractivity contribution in [3.63, 3.8) is 0 Å². The highest BCUT2D eigenvalue weighted by Gasteiger charge is 2.24. The van der Waals surface area contributed by atoms with E-state index in [4.69, 9.17) is 0 Å². The van der Waals surface area contributed by atoms with Crippen molar-refractivity contribution >= 4 is 39.2 Å². The van der Waals surface area contributed by atoms with E-state index >= 15 is 0 Å². The minimum absolute atomic E-state index is 0.00302. The predicted molar refractivity (Wildman–Crippen MR) is 129 cm³/mol. The standard InChI is InChI=1S/C25H25N3O2S/c1-17-14-24(29)27-21-12-7-11-20(25(21)26-17)23-15-19-10-5-6-13-22(19)28(23)31(30)16-18-8-3-2-4-9-18/h3,5-13,15,17,26H,2,4,14,16H2,1H3,(H,27,29)/t17-,31?/m1/s1. The Morgan fingerprint density at radius 2 is 2.00 bits per heavy atom. The lowest BCUT2D eigenvalue weighted by atomic mass is 10.1. The summed E-state index contributed by atoms with van der Waals surface area (Å²) in [4.78, 5) is 12.2. The van der Waals surface area contributed by atoms with Crippen molar-refractivity contribution in [3.8, 4) is 11.3 Å². The Balaban J connectivity index is 1.66. The zero-order valence-corrected chi connectivity index (χ0v) is 18.2. The van der Waals surface area contributed by atoms with E-state index in [1.54, 1.807) is 0 Å². The second kappa shape index (κ2) is 8.19. The Bertz CT molecular complexity index is 1250. The van der Waals surface area contributed by atoms with Crippen LogP contribution < -0.4 is 10.6 Å². The van der Waals surface area contributed by atoms with Crippen molar-refractivity contribution in [2.75, 3.05) is 16.4 Å². The molecule has 2 atom stereocenters. The zero-order chi connectivity index (χ0) is 21.4. The van der Waals surface area contributed by atoms with E-state index in [9.17, 15) is 9.00 Å². The molecule has 0 saturated heterocycles. The number of amides is 1. The van der Waals surface area contributed by atoms with Crippen LogP contribution in [-0.2, 0) is 15.8 Å². The van der Waals surface area contributed by atoms with Gasteiger partial charge in [-0.3, -0.25) is 8.77 Å². The number of allylic oxidation sites excluding steroid dienone is 3. The second-order valence-corrected chi connectivity index (χ2v) is 9.43. The van der Waals surface area contributed by atoms with Gasteiger partial charge in [-0.05, 0) is 43.5 Å². The van der Waals surface area contributed by atoms with Crippen LogP contribution in [0.4, 0.5) is 11.4 Å². The number of anilines is 2. The number of fused-ring (bicyclic) bond motifs is 2. The highest BCUT2D eigenvalue weighted by atomic mass is 32.2. The van der Waals surface area contributed by atoms with Gasteiger partial charge >= 0.3 is 0 Å². The molecule has 0 radical (unpaired) electrons. The van der Waals surface area contributed by atoms with Gasteiger partial charge in [0.1, 0.15) is 11.0 Å². The molecule has 2 heterocycles. The van der Waals surface area contributed by atoms with Crippen LogP contribution in [0.1, 0.15) is 26.2 Å². The van der Waals surface area contributed by atoms with Gasteiger partial charge in [-0.15, -0.1) is 0 Å². The lowest BCUT2D eigenvalue weighted by Gasteiger charge is -2.18. The molecule has 2 N–H and O–H groups in total. The maximum Gasteiger partial charge on any atom is 0.226 e. The van der Waals surface area contributed by atoms with E-state index in [0.717, 1.165) is 51.9 Å². The van der Waals surface area contributed by atoms with Crippen molar-refractivity contribution < 1.29 is 9.00 Å². The van der Waals surface area contributed by atoms with Crippen LogP contribution in [-0.4, -0.2) is 25.9 Å². The van der Waals surface area contributed by atoms with Gasteiger partial charge in [0.05, 0.1) is 28.3 Å². The van der Waals surface area contributed by atoms with Crippen LogP contribution in [0.3, 0.4) is 0 Å². The Morgan fingerprint density at radius 1 is 1.13 bits per heavy atom. The summed E-state index contributed by atoms with van der Waals surface area (Å²) >= 11 is 0. The number of aromatic nitrogens is 1. The molecule has 2 aliphatic rings. The molecule has 2 aromatic carbocycles. The van der Waals surface area contributed by atoms with Crippen LogP contribution in [0.15, 0.2) is 72.3 Å². The molecular formula is C25H25N3O2S. The summed E-state index contributed by atoms with van der Waals surface area (Å²) in [5.74, 6) is 0.466. The van der Waals surface area contributed by atoms with Crippen LogP contribution in [0.2, 0.25) is 0 Å². The summed E-state index contributed by atoms with van der Waals surface area (Å²) in [5, 5.41) is 7.54. The fourth-order valence-electron chi connectivity index (χ4n) is 4.32. The molecule has 158 valence electrons. The number of para-hydroxylation sites is 2. The molecule has 5 rings (SSSR count). The smallest absolute Gasteiger partial charge is 0.226 e. The van der Waals surface area contributed by atoms with Gasteiger partial charge in [-0.25, -0.2) is 4.21 Å². The topological polar surface area (TPSA) is 63.1 Å². The van der Waals surface area contributed by atoms with Gasteiger partial charge in [-0.1, -0.05) is 48.6 Å². The molecular weight excluding hydrogens is 406 g/mol.